The van der Waals surface area contributed by atoms with Gasteiger partial charge in [-0.3, -0.25) is 14.5 Å². The molecular weight excluding hydrogens is 372 g/mol. The van der Waals surface area contributed by atoms with Crippen LogP contribution in [0.25, 0.3) is 10.8 Å². The fourth-order valence-corrected chi connectivity index (χ4v) is 4.96. The van der Waals surface area contributed by atoms with E-state index in [0.29, 0.717) is 17.7 Å². The van der Waals surface area contributed by atoms with Crippen LogP contribution in [0.15, 0.2) is 60.7 Å². The summed E-state index contributed by atoms with van der Waals surface area (Å²) in [5, 5.41) is 2.55. The summed E-state index contributed by atoms with van der Waals surface area (Å²) in [4.78, 5) is 26.7. The molecule has 0 spiro atoms. The fourth-order valence-electron chi connectivity index (χ4n) is 4.96. The normalized spacial score (nSPS) is 17.1. The van der Waals surface area contributed by atoms with Crippen molar-refractivity contribution in [2.75, 3.05) is 13.1 Å². The molecule has 0 saturated carbocycles. The van der Waals surface area contributed by atoms with E-state index in [2.05, 4.69) is 61.7 Å². The summed E-state index contributed by atoms with van der Waals surface area (Å²) in [6.07, 6.45) is 0.727. The minimum absolute atomic E-state index is 0.0638. The maximum absolute atomic E-state index is 12.6. The van der Waals surface area contributed by atoms with Gasteiger partial charge in [-0.05, 0) is 42.8 Å². The molecule has 0 N–H and O–H groups in total. The van der Waals surface area contributed by atoms with Gasteiger partial charge in [0, 0.05) is 31.5 Å². The van der Waals surface area contributed by atoms with Gasteiger partial charge in [-0.2, -0.15) is 4.58 Å². The lowest BCUT2D eigenvalue weighted by Crippen LogP contribution is -2.32. The molecule has 0 atom stereocenters. The van der Waals surface area contributed by atoms with Gasteiger partial charge in [0.2, 0.25) is 5.69 Å². The second-order valence-electron chi connectivity index (χ2n) is 8.70. The molecule has 2 heterocycles. The van der Waals surface area contributed by atoms with Crippen LogP contribution in [0.1, 0.15) is 53.5 Å². The molecule has 3 aromatic carbocycles. The van der Waals surface area contributed by atoms with E-state index >= 15 is 0 Å². The van der Waals surface area contributed by atoms with Crippen LogP contribution < -0.4 is 0 Å². The molecule has 2 aliphatic heterocycles. The summed E-state index contributed by atoms with van der Waals surface area (Å²) in [5.74, 6) is -0.353. The molecule has 0 aromatic heterocycles. The number of carbonyl (C=O) groups is 2. The summed E-state index contributed by atoms with van der Waals surface area (Å²) in [5.41, 5.74) is 4.87. The third-order valence-electron chi connectivity index (χ3n) is 6.77. The third kappa shape index (κ3) is 2.56. The molecule has 5 rings (SSSR count). The molecule has 3 aromatic rings. The molecule has 0 bridgehead atoms. The van der Waals surface area contributed by atoms with Gasteiger partial charge in [-0.15, -0.1) is 0 Å². The van der Waals surface area contributed by atoms with Gasteiger partial charge in [0.05, 0.1) is 16.5 Å². The molecule has 30 heavy (non-hydrogen) atoms. The van der Waals surface area contributed by atoms with E-state index in [-0.39, 0.29) is 17.2 Å². The Morgan fingerprint density at radius 1 is 0.867 bits per heavy atom. The number of nitrogens with zero attached hydrogens (tertiary/aromatic N) is 2. The van der Waals surface area contributed by atoms with Crippen LogP contribution in [0.4, 0.5) is 5.69 Å². The predicted molar refractivity (Wildman–Crippen MR) is 119 cm³/mol. The molecule has 0 aliphatic carbocycles. The first-order valence-electron chi connectivity index (χ1n) is 10.5. The summed E-state index contributed by atoms with van der Waals surface area (Å²) < 4.78 is 2.36. The number of fused-ring (bicyclic) bond motifs is 4. The highest BCUT2D eigenvalue weighted by atomic mass is 16.2. The van der Waals surface area contributed by atoms with Crippen molar-refractivity contribution < 1.29 is 14.2 Å². The van der Waals surface area contributed by atoms with E-state index < -0.39 is 0 Å². The van der Waals surface area contributed by atoms with Crippen molar-refractivity contribution in [1.29, 1.82) is 0 Å². The van der Waals surface area contributed by atoms with Gasteiger partial charge in [0.25, 0.3) is 11.8 Å². The molecule has 2 amide bonds. The van der Waals surface area contributed by atoms with Crippen LogP contribution >= 0.6 is 0 Å². The number of benzene rings is 3. The lowest BCUT2D eigenvalue weighted by molar-refractivity contribution is -0.439. The maximum Gasteiger partial charge on any atom is 0.261 e. The monoisotopic (exact) mass is 397 g/mol. The van der Waals surface area contributed by atoms with E-state index in [1.54, 1.807) is 24.3 Å². The largest absolute Gasteiger partial charge is 0.274 e. The second-order valence-corrected chi connectivity index (χ2v) is 8.70. The Hall–Kier alpha value is -3.27. The van der Waals surface area contributed by atoms with Gasteiger partial charge < -0.3 is 0 Å². The zero-order valence-electron chi connectivity index (χ0n) is 17.6. The Bertz CT molecular complexity index is 1220. The molecule has 0 saturated heterocycles. The van der Waals surface area contributed by atoms with Crippen molar-refractivity contribution in [1.82, 2.24) is 4.90 Å². The molecule has 150 valence electrons. The van der Waals surface area contributed by atoms with Crippen molar-refractivity contribution >= 4 is 34.0 Å². The number of rotatable bonds is 4. The van der Waals surface area contributed by atoms with E-state index in [1.165, 1.54) is 32.6 Å². The average Bonchev–Trinajstić information content (AvgIpc) is 3.11. The van der Waals surface area contributed by atoms with Crippen LogP contribution in [-0.4, -0.2) is 40.1 Å². The molecule has 4 heteroatoms. The molecule has 0 radical (unpaired) electrons. The molecule has 2 aliphatic rings. The van der Waals surface area contributed by atoms with Crippen molar-refractivity contribution in [3.05, 3.63) is 77.4 Å². The zero-order chi connectivity index (χ0) is 21.0. The van der Waals surface area contributed by atoms with Gasteiger partial charge in [0.15, 0.2) is 12.3 Å². The Morgan fingerprint density at radius 2 is 1.50 bits per heavy atom. The summed E-state index contributed by atoms with van der Waals surface area (Å²) in [7, 11) is 0. The number of hydrogen-bond acceptors (Lipinski definition) is 2. The van der Waals surface area contributed by atoms with E-state index in [1.807, 2.05) is 0 Å². The van der Waals surface area contributed by atoms with Crippen molar-refractivity contribution in [3.8, 4) is 0 Å². The van der Waals surface area contributed by atoms with E-state index in [4.69, 9.17) is 0 Å². The van der Waals surface area contributed by atoms with Crippen molar-refractivity contribution in [3.63, 3.8) is 0 Å². The van der Waals surface area contributed by atoms with E-state index in [0.717, 1.165) is 13.0 Å². The quantitative estimate of drug-likeness (QED) is 0.463. The second kappa shape index (κ2) is 6.63. The maximum atomic E-state index is 12.6. The highest BCUT2D eigenvalue weighted by Crippen LogP contribution is 2.43. The smallest absolute Gasteiger partial charge is 0.261 e. The van der Waals surface area contributed by atoms with Crippen LogP contribution in [0.2, 0.25) is 0 Å². The van der Waals surface area contributed by atoms with Crippen molar-refractivity contribution in [2.45, 2.75) is 32.6 Å². The molecular formula is C26H25N2O2+. The SMILES string of the molecule is CC1=[N+](CCCN2C(=O)c3ccccc3C2=O)c2ccc3ccccc3c2C1(C)C. The highest BCUT2D eigenvalue weighted by Gasteiger charge is 2.44. The minimum Gasteiger partial charge on any atom is -0.274 e. The summed E-state index contributed by atoms with van der Waals surface area (Å²) >= 11 is 0. The van der Waals surface area contributed by atoms with Gasteiger partial charge >= 0.3 is 0 Å². The molecule has 0 fully saturated rings. The molecule has 4 nitrogen and oxygen atoms in total. The fraction of sp³-hybridized carbons (Fsp3) is 0.269. The third-order valence-corrected chi connectivity index (χ3v) is 6.77. The van der Waals surface area contributed by atoms with Gasteiger partial charge in [0.1, 0.15) is 0 Å². The standard InChI is InChI=1S/C26H25N2O2/c1-17-26(2,3)23-19-10-5-4-9-18(19)13-14-22(23)27(17)15-8-16-28-24(29)20-11-6-7-12-21(20)25(28)30/h4-7,9-14H,8,15-16H2,1-3H3/q+1. The average molecular weight is 397 g/mol. The Kier molecular flexibility index (Phi) is 4.14. The highest BCUT2D eigenvalue weighted by molar-refractivity contribution is 6.21. The van der Waals surface area contributed by atoms with Crippen LogP contribution in [0.3, 0.4) is 0 Å². The number of hydrogen-bond donors (Lipinski definition) is 0. The number of amides is 2. The summed E-state index contributed by atoms with van der Waals surface area (Å²) in [6, 6.07) is 20.0. The van der Waals surface area contributed by atoms with Crippen LogP contribution in [-0.2, 0) is 5.41 Å². The summed E-state index contributed by atoms with van der Waals surface area (Å²) in [6.45, 7) is 7.94. The molecule has 0 unspecified atom stereocenters. The topological polar surface area (TPSA) is 40.4 Å². The Labute approximate surface area is 176 Å². The first-order chi connectivity index (χ1) is 14.4. The first kappa shape index (κ1) is 18.7. The lowest BCUT2D eigenvalue weighted by atomic mass is 9.80. The Balaban J connectivity index is 1.41. The van der Waals surface area contributed by atoms with E-state index in [9.17, 15) is 9.59 Å². The van der Waals surface area contributed by atoms with Crippen molar-refractivity contribution in [2.24, 2.45) is 0 Å². The predicted octanol–water partition coefficient (Wildman–Crippen LogP) is 4.92. The van der Waals surface area contributed by atoms with Gasteiger partial charge in [-0.25, -0.2) is 0 Å². The van der Waals surface area contributed by atoms with Gasteiger partial charge in [-0.1, -0.05) is 36.4 Å². The number of carbonyl (C=O) groups excluding carboxylic acids is 2. The minimum atomic E-state index is -0.176. The first-order valence-corrected chi connectivity index (χ1v) is 10.5. The van der Waals surface area contributed by atoms with Crippen LogP contribution in [0.5, 0.6) is 0 Å². The Morgan fingerprint density at radius 3 is 2.20 bits per heavy atom. The lowest BCUT2D eigenvalue weighted by Gasteiger charge is -2.17. The van der Waals surface area contributed by atoms with Crippen LogP contribution in [0, 0.1) is 0 Å². The number of imide groups is 1. The zero-order valence-corrected chi connectivity index (χ0v) is 17.6.